The summed E-state index contributed by atoms with van der Waals surface area (Å²) in [6.45, 7) is 2.13. The number of nitro groups is 1. The standard InChI is InChI=1S/C26H23ClN2O2S/c1-16-12-17(15-32-19-6-3-2-4-7-19)13-22-20-8-5-9-21(20)26(28-25(16)22)23-14-18(29(30)31)10-11-24(23)27/h2-8,10-14,20-21,26,28H,9,15H2,1H3/t20-,21-,26-/m0/s1. The Bertz CT molecular complexity index is 1210. The van der Waals surface area contributed by atoms with Gasteiger partial charge in [-0.15, -0.1) is 11.8 Å². The van der Waals surface area contributed by atoms with Crippen molar-refractivity contribution in [3.05, 3.63) is 110 Å². The van der Waals surface area contributed by atoms with Gasteiger partial charge in [-0.3, -0.25) is 10.1 Å². The molecule has 1 aliphatic carbocycles. The largest absolute Gasteiger partial charge is 0.377 e. The van der Waals surface area contributed by atoms with Gasteiger partial charge in [0.2, 0.25) is 0 Å². The van der Waals surface area contributed by atoms with Gasteiger partial charge >= 0.3 is 0 Å². The molecule has 4 nitrogen and oxygen atoms in total. The summed E-state index contributed by atoms with van der Waals surface area (Å²) in [5.74, 6) is 1.46. The van der Waals surface area contributed by atoms with Crippen LogP contribution in [-0.4, -0.2) is 4.92 Å². The Morgan fingerprint density at radius 1 is 1.12 bits per heavy atom. The van der Waals surface area contributed by atoms with Crippen molar-refractivity contribution < 1.29 is 4.92 Å². The molecule has 6 heteroatoms. The maximum atomic E-state index is 11.4. The lowest BCUT2D eigenvalue weighted by Crippen LogP contribution is -2.30. The quantitative estimate of drug-likeness (QED) is 0.183. The number of rotatable bonds is 5. The number of fused-ring (bicyclic) bond motifs is 3. The van der Waals surface area contributed by atoms with Gasteiger partial charge in [-0.2, -0.15) is 0 Å². The number of hydrogen-bond acceptors (Lipinski definition) is 4. The zero-order valence-corrected chi connectivity index (χ0v) is 19.2. The summed E-state index contributed by atoms with van der Waals surface area (Å²) < 4.78 is 0. The Balaban J connectivity index is 1.49. The molecule has 3 aromatic carbocycles. The molecule has 0 saturated carbocycles. The van der Waals surface area contributed by atoms with Crippen LogP contribution in [-0.2, 0) is 5.75 Å². The van der Waals surface area contributed by atoms with E-state index in [9.17, 15) is 10.1 Å². The van der Waals surface area contributed by atoms with E-state index in [1.807, 2.05) is 17.8 Å². The van der Waals surface area contributed by atoms with Gasteiger partial charge in [-0.1, -0.05) is 54.1 Å². The van der Waals surface area contributed by atoms with Crippen molar-refractivity contribution in [1.82, 2.24) is 0 Å². The van der Waals surface area contributed by atoms with Crippen molar-refractivity contribution in [2.45, 2.75) is 36.0 Å². The van der Waals surface area contributed by atoms with Gasteiger partial charge in [-0.25, -0.2) is 0 Å². The van der Waals surface area contributed by atoms with Crippen LogP contribution in [0.25, 0.3) is 0 Å². The van der Waals surface area contributed by atoms with Crippen LogP contribution in [0.4, 0.5) is 11.4 Å². The van der Waals surface area contributed by atoms with E-state index in [-0.39, 0.29) is 28.5 Å². The first-order valence-electron chi connectivity index (χ1n) is 10.7. The summed E-state index contributed by atoms with van der Waals surface area (Å²) in [5, 5.41) is 15.6. The molecule has 1 aliphatic heterocycles. The number of hydrogen-bond donors (Lipinski definition) is 1. The molecule has 1 N–H and O–H groups in total. The van der Waals surface area contributed by atoms with Crippen LogP contribution in [0.5, 0.6) is 0 Å². The Kier molecular flexibility index (Phi) is 5.70. The first-order chi connectivity index (χ1) is 15.5. The molecule has 32 heavy (non-hydrogen) atoms. The molecular formula is C26H23ClN2O2S. The van der Waals surface area contributed by atoms with Crippen LogP contribution in [0.2, 0.25) is 5.02 Å². The number of anilines is 1. The molecule has 3 atom stereocenters. The molecule has 0 spiro atoms. The van der Waals surface area contributed by atoms with Crippen molar-refractivity contribution in [1.29, 1.82) is 0 Å². The molecular weight excluding hydrogens is 440 g/mol. The third-order valence-electron chi connectivity index (χ3n) is 6.40. The number of halogens is 1. The van der Waals surface area contributed by atoms with E-state index in [1.165, 1.54) is 27.7 Å². The first kappa shape index (κ1) is 21.1. The number of non-ortho nitro benzene ring substituents is 1. The van der Waals surface area contributed by atoms with E-state index < -0.39 is 0 Å². The minimum atomic E-state index is -0.358. The van der Waals surface area contributed by atoms with Crippen molar-refractivity contribution >= 4 is 34.7 Å². The highest BCUT2D eigenvalue weighted by atomic mass is 35.5. The molecule has 3 aromatic rings. The third-order valence-corrected chi connectivity index (χ3v) is 7.83. The highest BCUT2D eigenvalue weighted by Gasteiger charge is 2.39. The van der Waals surface area contributed by atoms with Gasteiger partial charge in [0.25, 0.3) is 5.69 Å². The second kappa shape index (κ2) is 8.64. The van der Waals surface area contributed by atoms with Crippen LogP contribution in [0.15, 0.2) is 77.7 Å². The number of thioether (sulfide) groups is 1. The van der Waals surface area contributed by atoms with Gasteiger partial charge in [0.1, 0.15) is 0 Å². The summed E-state index contributed by atoms with van der Waals surface area (Å²) in [6.07, 6.45) is 5.43. The van der Waals surface area contributed by atoms with Crippen molar-refractivity contribution in [2.24, 2.45) is 5.92 Å². The van der Waals surface area contributed by atoms with E-state index in [0.717, 1.165) is 23.4 Å². The van der Waals surface area contributed by atoms with Crippen molar-refractivity contribution in [3.8, 4) is 0 Å². The maximum absolute atomic E-state index is 11.4. The lowest BCUT2D eigenvalue weighted by molar-refractivity contribution is -0.384. The summed E-state index contributed by atoms with van der Waals surface area (Å²) in [7, 11) is 0. The summed E-state index contributed by atoms with van der Waals surface area (Å²) in [6, 6.07) is 19.7. The molecule has 2 aliphatic rings. The van der Waals surface area contributed by atoms with E-state index in [4.69, 9.17) is 11.6 Å². The van der Waals surface area contributed by atoms with Crippen molar-refractivity contribution in [2.75, 3.05) is 5.32 Å². The average Bonchev–Trinajstić information content (AvgIpc) is 3.29. The van der Waals surface area contributed by atoms with Gasteiger partial charge in [0.05, 0.1) is 11.0 Å². The van der Waals surface area contributed by atoms with Crippen LogP contribution in [0.3, 0.4) is 0 Å². The second-order valence-corrected chi connectivity index (χ2v) is 9.87. The molecule has 162 valence electrons. The second-order valence-electron chi connectivity index (χ2n) is 8.42. The van der Waals surface area contributed by atoms with Crippen molar-refractivity contribution in [3.63, 3.8) is 0 Å². The lowest BCUT2D eigenvalue weighted by Gasteiger charge is -2.39. The number of nitro benzene ring substituents is 1. The Morgan fingerprint density at radius 2 is 1.94 bits per heavy atom. The Hall–Kier alpha value is -2.76. The maximum Gasteiger partial charge on any atom is 0.269 e. The fourth-order valence-electron chi connectivity index (χ4n) is 4.92. The van der Waals surface area contributed by atoms with Gasteiger partial charge in [-0.05, 0) is 54.2 Å². The zero-order valence-electron chi connectivity index (χ0n) is 17.6. The highest BCUT2D eigenvalue weighted by molar-refractivity contribution is 7.98. The topological polar surface area (TPSA) is 55.2 Å². The van der Waals surface area contributed by atoms with Gasteiger partial charge in [0, 0.05) is 45.0 Å². The van der Waals surface area contributed by atoms with E-state index in [1.54, 1.807) is 12.1 Å². The highest BCUT2D eigenvalue weighted by Crippen LogP contribution is 2.52. The minimum absolute atomic E-state index is 0.0712. The molecule has 0 saturated heterocycles. The monoisotopic (exact) mass is 462 g/mol. The number of aryl methyl sites for hydroxylation is 1. The molecule has 0 unspecified atom stereocenters. The SMILES string of the molecule is Cc1cc(CSc2ccccc2)cc2c1N[C@H](c1cc([N+](=O)[O-])ccc1Cl)[C@H]1CC=C[C@H]21. The molecule has 1 heterocycles. The molecule has 5 rings (SSSR count). The molecule has 0 bridgehead atoms. The van der Waals surface area contributed by atoms with Crippen LogP contribution in [0, 0.1) is 23.0 Å². The first-order valence-corrected chi connectivity index (χ1v) is 12.1. The fraction of sp³-hybridized carbons (Fsp3) is 0.231. The molecule has 0 aromatic heterocycles. The predicted octanol–water partition coefficient (Wildman–Crippen LogP) is 7.68. The van der Waals surface area contributed by atoms with Crippen LogP contribution >= 0.6 is 23.4 Å². The predicted molar refractivity (Wildman–Crippen MR) is 132 cm³/mol. The van der Waals surface area contributed by atoms with Gasteiger partial charge in [0.15, 0.2) is 0 Å². The van der Waals surface area contributed by atoms with Gasteiger partial charge < -0.3 is 5.32 Å². The summed E-state index contributed by atoms with van der Waals surface area (Å²) >= 11 is 8.37. The summed E-state index contributed by atoms with van der Waals surface area (Å²) in [5.41, 5.74) is 5.81. The normalized spacial score (nSPS) is 21.0. The number of nitrogens with one attached hydrogen (secondary N) is 1. The van der Waals surface area contributed by atoms with E-state index >= 15 is 0 Å². The number of benzene rings is 3. The van der Waals surface area contributed by atoms with Crippen LogP contribution < -0.4 is 5.32 Å². The van der Waals surface area contributed by atoms with Crippen LogP contribution in [0.1, 0.15) is 40.6 Å². The lowest BCUT2D eigenvalue weighted by atomic mass is 9.76. The number of allylic oxidation sites excluding steroid dienone is 2. The fourth-order valence-corrected chi connectivity index (χ4v) is 6.01. The molecule has 0 radical (unpaired) electrons. The average molecular weight is 463 g/mol. The number of nitrogens with zero attached hydrogens (tertiary/aromatic N) is 1. The third kappa shape index (κ3) is 3.91. The minimum Gasteiger partial charge on any atom is -0.377 e. The zero-order chi connectivity index (χ0) is 22.2. The smallest absolute Gasteiger partial charge is 0.269 e. The molecule has 0 amide bonds. The molecule has 0 fully saturated rings. The Morgan fingerprint density at radius 3 is 2.72 bits per heavy atom. The van der Waals surface area contributed by atoms with E-state index in [2.05, 4.69) is 60.8 Å². The summed E-state index contributed by atoms with van der Waals surface area (Å²) in [4.78, 5) is 12.3. The Labute approximate surface area is 196 Å². The van der Waals surface area contributed by atoms with E-state index in [0.29, 0.717) is 5.02 Å².